The Morgan fingerprint density at radius 1 is 1.00 bits per heavy atom. The van der Waals surface area contributed by atoms with Gasteiger partial charge in [0.1, 0.15) is 0 Å². The molecule has 0 saturated heterocycles. The minimum atomic E-state index is 0.724. The zero-order chi connectivity index (χ0) is 11.6. The van der Waals surface area contributed by atoms with E-state index in [1.807, 2.05) is 13.8 Å². The fraction of sp³-hybridized carbons (Fsp3) is 1.00. The molecule has 0 aromatic heterocycles. The van der Waals surface area contributed by atoms with Crippen LogP contribution >= 0.6 is 0 Å². The maximum absolute atomic E-state index is 2.50. The Morgan fingerprint density at radius 2 is 1.43 bits per heavy atom. The van der Waals surface area contributed by atoms with Gasteiger partial charge in [0, 0.05) is 6.04 Å². The van der Waals surface area contributed by atoms with Crippen molar-refractivity contribution in [2.75, 3.05) is 33.7 Å². The van der Waals surface area contributed by atoms with Gasteiger partial charge in [0.25, 0.3) is 0 Å². The Bertz CT molecular complexity index is 98.5. The largest absolute Gasteiger partial charge is 0.309 e. The molecule has 0 amide bonds. The highest BCUT2D eigenvalue weighted by molar-refractivity contribution is 4.65. The quantitative estimate of drug-likeness (QED) is 0.653. The van der Waals surface area contributed by atoms with Crippen molar-refractivity contribution in [1.82, 2.24) is 9.80 Å². The van der Waals surface area contributed by atoms with Crippen LogP contribution in [0.3, 0.4) is 0 Å². The van der Waals surface area contributed by atoms with Crippen molar-refractivity contribution >= 4 is 0 Å². The minimum Gasteiger partial charge on any atom is -0.309 e. The van der Waals surface area contributed by atoms with Crippen molar-refractivity contribution in [3.63, 3.8) is 0 Å². The van der Waals surface area contributed by atoms with E-state index < -0.39 is 0 Å². The summed E-state index contributed by atoms with van der Waals surface area (Å²) in [6.07, 6.45) is 1.27. The summed E-state index contributed by atoms with van der Waals surface area (Å²) in [5.74, 6) is 0. The van der Waals surface area contributed by atoms with Crippen LogP contribution in [0.15, 0.2) is 0 Å². The van der Waals surface area contributed by atoms with Gasteiger partial charge in [-0.3, -0.25) is 0 Å². The van der Waals surface area contributed by atoms with Gasteiger partial charge in [-0.2, -0.15) is 0 Å². The molecule has 2 nitrogen and oxygen atoms in total. The van der Waals surface area contributed by atoms with Crippen molar-refractivity contribution in [1.29, 1.82) is 0 Å². The molecule has 0 radical (unpaired) electrons. The first-order chi connectivity index (χ1) is 6.61. The lowest BCUT2D eigenvalue weighted by molar-refractivity contribution is 0.206. The SMILES string of the molecule is CC.CCN(CC)C(C)CCN(C)C. The van der Waals surface area contributed by atoms with Crippen molar-refractivity contribution in [3.05, 3.63) is 0 Å². The highest BCUT2D eigenvalue weighted by Crippen LogP contribution is 2.02. The highest BCUT2D eigenvalue weighted by Gasteiger charge is 2.09. The molecule has 0 aliphatic carbocycles. The summed E-state index contributed by atoms with van der Waals surface area (Å²) < 4.78 is 0. The van der Waals surface area contributed by atoms with Crippen molar-refractivity contribution in [2.24, 2.45) is 0 Å². The van der Waals surface area contributed by atoms with Gasteiger partial charge < -0.3 is 9.80 Å². The van der Waals surface area contributed by atoms with Gasteiger partial charge in [-0.25, -0.2) is 0 Å². The van der Waals surface area contributed by atoms with Gasteiger partial charge in [-0.15, -0.1) is 0 Å². The Kier molecular flexibility index (Phi) is 12.8. The fourth-order valence-corrected chi connectivity index (χ4v) is 1.47. The summed E-state index contributed by atoms with van der Waals surface area (Å²) >= 11 is 0. The summed E-state index contributed by atoms with van der Waals surface area (Å²) in [7, 11) is 4.27. The standard InChI is InChI=1S/C10H24N2.C2H6/c1-6-12(7-2)10(3)8-9-11(4)5;1-2/h10H,6-9H2,1-5H3;1-2H3. The monoisotopic (exact) mass is 202 g/mol. The maximum Gasteiger partial charge on any atom is 0.00788 e. The van der Waals surface area contributed by atoms with Crippen LogP contribution in [0.1, 0.15) is 41.0 Å². The van der Waals surface area contributed by atoms with E-state index in [0.29, 0.717) is 0 Å². The number of hydrogen-bond donors (Lipinski definition) is 0. The smallest absolute Gasteiger partial charge is 0.00788 e. The minimum absolute atomic E-state index is 0.724. The Morgan fingerprint density at radius 3 is 1.71 bits per heavy atom. The molecular formula is C12H30N2. The normalized spacial score (nSPS) is 12.6. The van der Waals surface area contributed by atoms with Gasteiger partial charge in [-0.1, -0.05) is 27.7 Å². The second-order valence-electron chi connectivity index (χ2n) is 3.66. The van der Waals surface area contributed by atoms with E-state index in [2.05, 4.69) is 44.7 Å². The van der Waals surface area contributed by atoms with Gasteiger partial charge in [0.2, 0.25) is 0 Å². The summed E-state index contributed by atoms with van der Waals surface area (Å²) in [5, 5.41) is 0. The summed E-state index contributed by atoms with van der Waals surface area (Å²) in [5.41, 5.74) is 0. The summed E-state index contributed by atoms with van der Waals surface area (Å²) in [6, 6.07) is 0.724. The van der Waals surface area contributed by atoms with Gasteiger partial charge >= 0.3 is 0 Å². The van der Waals surface area contributed by atoms with Crippen LogP contribution in [0.2, 0.25) is 0 Å². The Balaban J connectivity index is 0. The van der Waals surface area contributed by atoms with Crippen LogP contribution < -0.4 is 0 Å². The van der Waals surface area contributed by atoms with E-state index in [0.717, 1.165) is 6.04 Å². The molecule has 14 heavy (non-hydrogen) atoms. The lowest BCUT2D eigenvalue weighted by Gasteiger charge is -2.27. The third kappa shape index (κ3) is 8.52. The summed E-state index contributed by atoms with van der Waals surface area (Å²) in [6.45, 7) is 14.3. The predicted octanol–water partition coefficient (Wildman–Crippen LogP) is 2.69. The lowest BCUT2D eigenvalue weighted by atomic mass is 10.2. The lowest BCUT2D eigenvalue weighted by Crippen LogP contribution is -2.34. The van der Waals surface area contributed by atoms with E-state index in [-0.39, 0.29) is 0 Å². The van der Waals surface area contributed by atoms with Crippen LogP contribution in [0.25, 0.3) is 0 Å². The van der Waals surface area contributed by atoms with Gasteiger partial charge in [-0.05, 0) is 47.1 Å². The third-order valence-corrected chi connectivity index (χ3v) is 2.43. The molecule has 0 saturated carbocycles. The zero-order valence-corrected chi connectivity index (χ0v) is 11.3. The molecule has 0 heterocycles. The Hall–Kier alpha value is -0.0800. The summed E-state index contributed by atoms with van der Waals surface area (Å²) in [4.78, 5) is 4.75. The molecule has 2 heteroatoms. The van der Waals surface area contributed by atoms with Crippen LogP contribution in [0.4, 0.5) is 0 Å². The first-order valence-corrected chi connectivity index (χ1v) is 6.00. The highest BCUT2D eigenvalue weighted by atomic mass is 15.1. The molecule has 0 bridgehead atoms. The molecule has 0 aromatic carbocycles. The van der Waals surface area contributed by atoms with E-state index in [4.69, 9.17) is 0 Å². The molecule has 1 atom stereocenters. The molecular weight excluding hydrogens is 172 g/mol. The topological polar surface area (TPSA) is 6.48 Å². The molecule has 0 rings (SSSR count). The molecule has 0 aliphatic rings. The van der Waals surface area contributed by atoms with Crippen molar-refractivity contribution < 1.29 is 0 Å². The third-order valence-electron chi connectivity index (χ3n) is 2.43. The number of rotatable bonds is 6. The Labute approximate surface area is 91.3 Å². The predicted molar refractivity (Wildman–Crippen MR) is 66.9 cm³/mol. The van der Waals surface area contributed by atoms with E-state index >= 15 is 0 Å². The van der Waals surface area contributed by atoms with E-state index in [1.165, 1.54) is 26.1 Å². The van der Waals surface area contributed by atoms with Crippen LogP contribution in [0, 0.1) is 0 Å². The van der Waals surface area contributed by atoms with Gasteiger partial charge in [0.15, 0.2) is 0 Å². The molecule has 0 aliphatic heterocycles. The number of nitrogens with zero attached hydrogens (tertiary/aromatic N) is 2. The second-order valence-corrected chi connectivity index (χ2v) is 3.66. The zero-order valence-electron chi connectivity index (χ0n) is 11.3. The molecule has 0 aromatic rings. The molecule has 0 N–H and O–H groups in total. The van der Waals surface area contributed by atoms with E-state index in [9.17, 15) is 0 Å². The first-order valence-electron chi connectivity index (χ1n) is 6.00. The number of hydrogen-bond acceptors (Lipinski definition) is 2. The van der Waals surface area contributed by atoms with Gasteiger partial charge in [0.05, 0.1) is 0 Å². The molecule has 1 unspecified atom stereocenters. The second kappa shape index (κ2) is 11.0. The van der Waals surface area contributed by atoms with Crippen molar-refractivity contribution in [3.8, 4) is 0 Å². The van der Waals surface area contributed by atoms with Crippen LogP contribution in [-0.4, -0.2) is 49.6 Å². The molecule has 0 fully saturated rings. The molecule has 0 spiro atoms. The maximum atomic E-state index is 2.50. The van der Waals surface area contributed by atoms with E-state index in [1.54, 1.807) is 0 Å². The molecule has 88 valence electrons. The first kappa shape index (κ1) is 16.4. The van der Waals surface area contributed by atoms with Crippen LogP contribution in [-0.2, 0) is 0 Å². The van der Waals surface area contributed by atoms with Crippen molar-refractivity contribution in [2.45, 2.75) is 47.1 Å². The average Bonchev–Trinajstić information content (AvgIpc) is 2.19. The van der Waals surface area contributed by atoms with Crippen LogP contribution in [0.5, 0.6) is 0 Å². The fourth-order valence-electron chi connectivity index (χ4n) is 1.47. The average molecular weight is 202 g/mol.